The maximum absolute atomic E-state index is 12.5. The second-order valence-corrected chi connectivity index (χ2v) is 9.15. The van der Waals surface area contributed by atoms with Crippen LogP contribution >= 0.6 is 0 Å². The molecule has 0 saturated heterocycles. The number of nitrogens with one attached hydrogen (secondary N) is 2. The molecule has 3 aromatic carbocycles. The van der Waals surface area contributed by atoms with Crippen molar-refractivity contribution in [1.82, 2.24) is 0 Å². The van der Waals surface area contributed by atoms with Crippen LogP contribution < -0.4 is 14.8 Å². The largest absolute Gasteiger partial charge is 0.494 e. The normalized spacial score (nSPS) is 11.1. The number of aryl methyl sites for hydroxylation is 1. The van der Waals surface area contributed by atoms with E-state index in [9.17, 15) is 13.2 Å². The van der Waals surface area contributed by atoms with Crippen LogP contribution in [-0.2, 0) is 10.0 Å². The molecule has 168 valence electrons. The molecule has 6 nitrogen and oxygen atoms in total. The molecule has 0 aliphatic heterocycles. The van der Waals surface area contributed by atoms with Crippen LogP contribution in [0.1, 0.15) is 35.7 Å². The molecule has 2 N–H and O–H groups in total. The Bertz CT molecular complexity index is 1120. The third-order valence-electron chi connectivity index (χ3n) is 4.80. The summed E-state index contributed by atoms with van der Waals surface area (Å²) in [5, 5.41) is 3.23. The van der Waals surface area contributed by atoms with E-state index in [1.54, 1.807) is 48.5 Å². The Labute approximate surface area is 189 Å². The standard InChI is InChI=1S/C25H28N2O4S/c1-3-18-31-23-12-10-21(11-13-23)26-17-16-25(28)20-6-8-22(9-7-20)27-32(29,30)24-14-4-19(2)5-15-24/h4-15,26-27H,3,16-18H2,1-2H3. The summed E-state index contributed by atoms with van der Waals surface area (Å²) in [6, 6.07) is 20.7. The summed E-state index contributed by atoms with van der Waals surface area (Å²) in [4.78, 5) is 12.7. The molecule has 0 aliphatic carbocycles. The van der Waals surface area contributed by atoms with Crippen molar-refractivity contribution in [2.24, 2.45) is 0 Å². The fourth-order valence-electron chi connectivity index (χ4n) is 3.01. The lowest BCUT2D eigenvalue weighted by atomic mass is 10.1. The monoisotopic (exact) mass is 452 g/mol. The molecule has 0 unspecified atom stereocenters. The minimum absolute atomic E-state index is 0.0201. The van der Waals surface area contributed by atoms with Gasteiger partial charge in [-0.3, -0.25) is 9.52 Å². The number of hydrogen-bond acceptors (Lipinski definition) is 5. The van der Waals surface area contributed by atoms with Crippen molar-refractivity contribution in [3.05, 3.63) is 83.9 Å². The number of Topliss-reactive ketones (excluding diaryl/α,β-unsaturated/α-hetero) is 1. The summed E-state index contributed by atoms with van der Waals surface area (Å²) >= 11 is 0. The first-order valence-electron chi connectivity index (χ1n) is 10.6. The van der Waals surface area contributed by atoms with Crippen LogP contribution in [0.25, 0.3) is 0 Å². The van der Waals surface area contributed by atoms with Gasteiger partial charge in [-0.15, -0.1) is 0 Å². The lowest BCUT2D eigenvalue weighted by Crippen LogP contribution is -2.13. The van der Waals surface area contributed by atoms with Crippen molar-refractivity contribution < 1.29 is 17.9 Å². The summed E-state index contributed by atoms with van der Waals surface area (Å²) in [7, 11) is -3.67. The lowest BCUT2D eigenvalue weighted by molar-refractivity contribution is 0.0986. The van der Waals surface area contributed by atoms with Gasteiger partial charge in [0.15, 0.2) is 5.78 Å². The van der Waals surface area contributed by atoms with E-state index in [1.807, 2.05) is 31.2 Å². The van der Waals surface area contributed by atoms with Gasteiger partial charge < -0.3 is 10.1 Å². The van der Waals surface area contributed by atoms with Gasteiger partial charge in [0.05, 0.1) is 11.5 Å². The zero-order valence-electron chi connectivity index (χ0n) is 18.3. The molecule has 0 spiro atoms. The summed E-state index contributed by atoms with van der Waals surface area (Å²) in [6.07, 6.45) is 1.28. The smallest absolute Gasteiger partial charge is 0.261 e. The van der Waals surface area contributed by atoms with E-state index in [0.29, 0.717) is 30.8 Å². The van der Waals surface area contributed by atoms with Crippen molar-refractivity contribution in [2.45, 2.75) is 31.6 Å². The zero-order valence-corrected chi connectivity index (χ0v) is 19.1. The molecule has 0 aromatic heterocycles. The number of ether oxygens (including phenoxy) is 1. The van der Waals surface area contributed by atoms with Crippen LogP contribution in [0.5, 0.6) is 5.75 Å². The quantitative estimate of drug-likeness (QED) is 0.387. The van der Waals surface area contributed by atoms with Gasteiger partial charge in [-0.1, -0.05) is 24.6 Å². The molecule has 32 heavy (non-hydrogen) atoms. The molecule has 0 amide bonds. The first kappa shape index (κ1) is 23.3. The second kappa shape index (κ2) is 10.8. The van der Waals surface area contributed by atoms with Crippen LogP contribution in [0.3, 0.4) is 0 Å². The average Bonchev–Trinajstić information content (AvgIpc) is 2.79. The number of carbonyl (C=O) groups is 1. The second-order valence-electron chi connectivity index (χ2n) is 7.47. The minimum Gasteiger partial charge on any atom is -0.494 e. The Kier molecular flexibility index (Phi) is 7.89. The van der Waals surface area contributed by atoms with E-state index in [4.69, 9.17) is 4.74 Å². The van der Waals surface area contributed by atoms with Crippen LogP contribution in [0, 0.1) is 6.92 Å². The topological polar surface area (TPSA) is 84.5 Å². The van der Waals surface area contributed by atoms with E-state index in [0.717, 1.165) is 23.4 Å². The van der Waals surface area contributed by atoms with E-state index in [2.05, 4.69) is 17.0 Å². The Morgan fingerprint density at radius 1 is 0.875 bits per heavy atom. The number of carbonyl (C=O) groups excluding carboxylic acids is 1. The first-order chi connectivity index (χ1) is 15.4. The Morgan fingerprint density at radius 2 is 1.50 bits per heavy atom. The fraction of sp³-hybridized carbons (Fsp3) is 0.240. The van der Waals surface area contributed by atoms with Gasteiger partial charge >= 0.3 is 0 Å². The summed E-state index contributed by atoms with van der Waals surface area (Å²) in [5.74, 6) is 0.805. The zero-order chi connectivity index (χ0) is 23.0. The maximum Gasteiger partial charge on any atom is 0.261 e. The van der Waals surface area contributed by atoms with Gasteiger partial charge in [0.2, 0.25) is 0 Å². The highest BCUT2D eigenvalue weighted by Gasteiger charge is 2.14. The molecule has 0 bridgehead atoms. The van der Waals surface area contributed by atoms with Gasteiger partial charge in [0.25, 0.3) is 10.0 Å². The molecule has 0 heterocycles. The predicted molar refractivity (Wildman–Crippen MR) is 128 cm³/mol. The number of hydrogen-bond donors (Lipinski definition) is 2. The van der Waals surface area contributed by atoms with Crippen molar-refractivity contribution in [3.8, 4) is 5.75 Å². The first-order valence-corrected chi connectivity index (χ1v) is 12.0. The van der Waals surface area contributed by atoms with Crippen molar-refractivity contribution in [1.29, 1.82) is 0 Å². The highest BCUT2D eigenvalue weighted by atomic mass is 32.2. The molecule has 3 rings (SSSR count). The van der Waals surface area contributed by atoms with Crippen LogP contribution in [-0.4, -0.2) is 27.4 Å². The predicted octanol–water partition coefficient (Wildman–Crippen LogP) is 5.27. The number of rotatable bonds is 11. The molecule has 0 aliphatic rings. The minimum atomic E-state index is -3.67. The van der Waals surface area contributed by atoms with Crippen molar-refractivity contribution >= 4 is 27.2 Å². The molecule has 0 radical (unpaired) electrons. The number of anilines is 2. The van der Waals surface area contributed by atoms with E-state index < -0.39 is 10.0 Å². The number of benzene rings is 3. The molecule has 0 atom stereocenters. The summed E-state index contributed by atoms with van der Waals surface area (Å²) < 4.78 is 33.1. The number of sulfonamides is 1. The van der Waals surface area contributed by atoms with E-state index in [-0.39, 0.29) is 10.7 Å². The third kappa shape index (κ3) is 6.59. The van der Waals surface area contributed by atoms with Gasteiger partial charge in [-0.05, 0) is 74.0 Å². The van der Waals surface area contributed by atoms with Crippen molar-refractivity contribution in [2.75, 3.05) is 23.2 Å². The molecular formula is C25H28N2O4S. The fourth-order valence-corrected chi connectivity index (χ4v) is 4.07. The average molecular weight is 453 g/mol. The van der Waals surface area contributed by atoms with Crippen LogP contribution in [0.15, 0.2) is 77.7 Å². The van der Waals surface area contributed by atoms with E-state index >= 15 is 0 Å². The Balaban J connectivity index is 1.51. The van der Waals surface area contributed by atoms with Gasteiger partial charge in [-0.25, -0.2) is 8.42 Å². The van der Waals surface area contributed by atoms with Crippen molar-refractivity contribution in [3.63, 3.8) is 0 Å². The van der Waals surface area contributed by atoms with E-state index in [1.165, 1.54) is 0 Å². The Morgan fingerprint density at radius 3 is 2.12 bits per heavy atom. The van der Waals surface area contributed by atoms with Gasteiger partial charge in [0.1, 0.15) is 5.75 Å². The highest BCUT2D eigenvalue weighted by molar-refractivity contribution is 7.92. The van der Waals surface area contributed by atoms with Gasteiger partial charge in [-0.2, -0.15) is 0 Å². The highest BCUT2D eigenvalue weighted by Crippen LogP contribution is 2.19. The Hall–Kier alpha value is -3.32. The molecule has 0 saturated carbocycles. The number of ketones is 1. The molecule has 7 heteroatoms. The molecule has 3 aromatic rings. The molecule has 0 fully saturated rings. The lowest BCUT2D eigenvalue weighted by Gasteiger charge is -2.10. The maximum atomic E-state index is 12.5. The summed E-state index contributed by atoms with van der Waals surface area (Å²) in [5.41, 5.74) is 2.85. The molecular weight excluding hydrogens is 424 g/mol. The summed E-state index contributed by atoms with van der Waals surface area (Å²) in [6.45, 7) is 5.14. The van der Waals surface area contributed by atoms with Crippen LogP contribution in [0.2, 0.25) is 0 Å². The van der Waals surface area contributed by atoms with Gasteiger partial charge in [0, 0.05) is 29.9 Å². The van der Waals surface area contributed by atoms with Crippen LogP contribution in [0.4, 0.5) is 11.4 Å². The third-order valence-corrected chi connectivity index (χ3v) is 6.20. The SMILES string of the molecule is CCCOc1ccc(NCCC(=O)c2ccc(NS(=O)(=O)c3ccc(C)cc3)cc2)cc1.